The average molecular weight is 425 g/mol. The van der Waals surface area contributed by atoms with Crippen LogP contribution in [0.1, 0.15) is 24.4 Å². The lowest BCUT2D eigenvalue weighted by Gasteiger charge is -2.26. The number of amides is 1. The normalized spacial score (nSPS) is 15.8. The Hall–Kier alpha value is -3.04. The van der Waals surface area contributed by atoms with E-state index in [0.29, 0.717) is 17.8 Å². The molecule has 0 radical (unpaired) electrons. The van der Waals surface area contributed by atoms with Gasteiger partial charge in [0.15, 0.2) is 5.52 Å². The van der Waals surface area contributed by atoms with E-state index in [-0.39, 0.29) is 11.5 Å². The van der Waals surface area contributed by atoms with Crippen LogP contribution in [-0.2, 0) is 9.53 Å². The second kappa shape index (κ2) is 8.99. The second-order valence-electron chi connectivity index (χ2n) is 7.81. The molecule has 164 valence electrons. The standard InChI is InChI=1S/C22H28N6O3/c1-15-19-16(2)27(18-7-5-4-6-8-18)25-20(19)22(30)28(24-15)17(3)21(29)23-9-10-26-11-13-31-14-12-26/h4-8,17H,9-14H2,1-3H3,(H,23,29)/t17-/m0/s1. The van der Waals surface area contributed by atoms with Gasteiger partial charge in [-0.2, -0.15) is 10.2 Å². The number of nitrogens with zero attached hydrogens (tertiary/aromatic N) is 5. The van der Waals surface area contributed by atoms with Crippen molar-refractivity contribution in [2.45, 2.75) is 26.8 Å². The van der Waals surface area contributed by atoms with E-state index in [1.807, 2.05) is 44.2 Å². The summed E-state index contributed by atoms with van der Waals surface area (Å²) in [6, 6.07) is 8.92. The third-order valence-electron chi connectivity index (χ3n) is 5.72. The van der Waals surface area contributed by atoms with Crippen molar-refractivity contribution in [2.75, 3.05) is 39.4 Å². The first-order chi connectivity index (χ1) is 15.0. The summed E-state index contributed by atoms with van der Waals surface area (Å²) in [6.45, 7) is 9.88. The van der Waals surface area contributed by atoms with Gasteiger partial charge in [0, 0.05) is 26.2 Å². The van der Waals surface area contributed by atoms with Crippen molar-refractivity contribution >= 4 is 16.8 Å². The fourth-order valence-corrected chi connectivity index (χ4v) is 3.95. The number of fused-ring (bicyclic) bond motifs is 1. The summed E-state index contributed by atoms with van der Waals surface area (Å²) in [5, 5.41) is 12.7. The molecule has 2 aromatic heterocycles. The zero-order valence-corrected chi connectivity index (χ0v) is 18.2. The van der Waals surface area contributed by atoms with E-state index >= 15 is 0 Å². The Bertz CT molecular complexity index is 1130. The van der Waals surface area contributed by atoms with Crippen molar-refractivity contribution in [1.82, 2.24) is 29.8 Å². The van der Waals surface area contributed by atoms with Crippen LogP contribution in [0.2, 0.25) is 0 Å². The summed E-state index contributed by atoms with van der Waals surface area (Å²) in [7, 11) is 0. The van der Waals surface area contributed by atoms with E-state index < -0.39 is 6.04 Å². The summed E-state index contributed by atoms with van der Waals surface area (Å²) < 4.78 is 8.33. The van der Waals surface area contributed by atoms with Crippen molar-refractivity contribution in [3.63, 3.8) is 0 Å². The van der Waals surface area contributed by atoms with Crippen molar-refractivity contribution in [2.24, 2.45) is 0 Å². The highest BCUT2D eigenvalue weighted by Crippen LogP contribution is 2.21. The van der Waals surface area contributed by atoms with Gasteiger partial charge in [-0.05, 0) is 32.9 Å². The summed E-state index contributed by atoms with van der Waals surface area (Å²) in [6.07, 6.45) is 0. The van der Waals surface area contributed by atoms with Crippen LogP contribution in [-0.4, -0.2) is 69.8 Å². The van der Waals surface area contributed by atoms with Gasteiger partial charge in [0.05, 0.1) is 35.7 Å². The number of aryl methyl sites for hydroxylation is 2. The van der Waals surface area contributed by atoms with Gasteiger partial charge < -0.3 is 10.1 Å². The molecule has 1 fully saturated rings. The third-order valence-corrected chi connectivity index (χ3v) is 5.72. The van der Waals surface area contributed by atoms with Crippen LogP contribution in [0.5, 0.6) is 0 Å². The van der Waals surface area contributed by atoms with Crippen molar-refractivity contribution in [1.29, 1.82) is 0 Å². The number of benzene rings is 1. The number of morpholine rings is 1. The first-order valence-corrected chi connectivity index (χ1v) is 10.6. The van der Waals surface area contributed by atoms with Crippen LogP contribution in [0.15, 0.2) is 35.1 Å². The molecule has 1 aliphatic heterocycles. The van der Waals surface area contributed by atoms with Gasteiger partial charge in [0.2, 0.25) is 5.91 Å². The molecule has 1 aromatic carbocycles. The molecule has 0 spiro atoms. The summed E-state index contributed by atoms with van der Waals surface area (Å²) in [4.78, 5) is 28.1. The van der Waals surface area contributed by atoms with Gasteiger partial charge in [-0.25, -0.2) is 9.36 Å². The quantitative estimate of drug-likeness (QED) is 0.639. The highest BCUT2D eigenvalue weighted by atomic mass is 16.5. The minimum atomic E-state index is -0.734. The molecule has 1 atom stereocenters. The molecule has 0 bridgehead atoms. The van der Waals surface area contributed by atoms with Gasteiger partial charge in [0.1, 0.15) is 6.04 Å². The maximum atomic E-state index is 13.2. The highest BCUT2D eigenvalue weighted by molar-refractivity contribution is 5.84. The summed E-state index contributed by atoms with van der Waals surface area (Å²) >= 11 is 0. The monoisotopic (exact) mass is 424 g/mol. The molecule has 3 heterocycles. The van der Waals surface area contributed by atoms with Crippen LogP contribution >= 0.6 is 0 Å². The molecule has 3 aromatic rings. The molecule has 0 aliphatic carbocycles. The summed E-state index contributed by atoms with van der Waals surface area (Å²) in [5.74, 6) is -0.235. The molecule has 1 aliphatic rings. The lowest BCUT2D eigenvalue weighted by atomic mass is 10.2. The number of ether oxygens (including phenoxy) is 1. The van der Waals surface area contributed by atoms with Crippen LogP contribution in [0.4, 0.5) is 0 Å². The largest absolute Gasteiger partial charge is 0.379 e. The number of aromatic nitrogens is 4. The van der Waals surface area contributed by atoms with E-state index in [4.69, 9.17) is 4.74 Å². The molecule has 9 nitrogen and oxygen atoms in total. The maximum absolute atomic E-state index is 13.2. The number of carbonyl (C=O) groups excluding carboxylic acids is 1. The lowest BCUT2D eigenvalue weighted by Crippen LogP contribution is -2.43. The average Bonchev–Trinajstić information content (AvgIpc) is 3.15. The number of para-hydroxylation sites is 1. The number of nitrogens with one attached hydrogen (secondary N) is 1. The first kappa shape index (κ1) is 21.2. The minimum Gasteiger partial charge on any atom is -0.379 e. The van der Waals surface area contributed by atoms with Crippen LogP contribution in [0.25, 0.3) is 16.6 Å². The van der Waals surface area contributed by atoms with E-state index in [0.717, 1.165) is 49.6 Å². The molecule has 0 saturated carbocycles. The molecule has 31 heavy (non-hydrogen) atoms. The molecular weight excluding hydrogens is 396 g/mol. The highest BCUT2D eigenvalue weighted by Gasteiger charge is 2.23. The Morgan fingerprint density at radius 1 is 1.16 bits per heavy atom. The molecule has 1 saturated heterocycles. The minimum absolute atomic E-state index is 0.235. The first-order valence-electron chi connectivity index (χ1n) is 10.6. The fourth-order valence-electron chi connectivity index (χ4n) is 3.95. The number of hydrogen-bond acceptors (Lipinski definition) is 6. The maximum Gasteiger partial charge on any atom is 0.295 e. The van der Waals surface area contributed by atoms with Gasteiger partial charge in [0.25, 0.3) is 5.56 Å². The smallest absolute Gasteiger partial charge is 0.295 e. The van der Waals surface area contributed by atoms with E-state index in [1.165, 1.54) is 4.68 Å². The van der Waals surface area contributed by atoms with Crippen LogP contribution in [0, 0.1) is 13.8 Å². The number of rotatable bonds is 6. The number of hydrogen-bond donors (Lipinski definition) is 1. The lowest BCUT2D eigenvalue weighted by molar-refractivity contribution is -0.124. The van der Waals surface area contributed by atoms with Crippen LogP contribution in [0.3, 0.4) is 0 Å². The molecule has 0 unspecified atom stereocenters. The van der Waals surface area contributed by atoms with Gasteiger partial charge in [-0.1, -0.05) is 18.2 Å². The third kappa shape index (κ3) is 4.24. The molecule has 9 heteroatoms. The SMILES string of the molecule is Cc1nn([C@@H](C)C(=O)NCCN2CCOCC2)c(=O)c2nn(-c3ccccc3)c(C)c12. The Balaban J connectivity index is 1.56. The molecule has 1 amide bonds. The Morgan fingerprint density at radius 2 is 1.87 bits per heavy atom. The predicted molar refractivity (Wildman–Crippen MR) is 118 cm³/mol. The van der Waals surface area contributed by atoms with E-state index in [2.05, 4.69) is 20.4 Å². The zero-order valence-electron chi connectivity index (χ0n) is 18.2. The van der Waals surface area contributed by atoms with Gasteiger partial charge in [-0.15, -0.1) is 0 Å². The Morgan fingerprint density at radius 3 is 2.58 bits per heavy atom. The summed E-state index contributed by atoms with van der Waals surface area (Å²) in [5.41, 5.74) is 2.34. The topological polar surface area (TPSA) is 94.3 Å². The fraction of sp³-hybridized carbons (Fsp3) is 0.455. The molecular formula is C22H28N6O3. The van der Waals surface area contributed by atoms with E-state index in [1.54, 1.807) is 11.6 Å². The van der Waals surface area contributed by atoms with Crippen molar-refractivity contribution < 1.29 is 9.53 Å². The predicted octanol–water partition coefficient (Wildman–Crippen LogP) is 1.21. The Labute approximate surface area is 180 Å². The Kier molecular flexibility index (Phi) is 6.15. The molecule has 1 N–H and O–H groups in total. The van der Waals surface area contributed by atoms with Gasteiger partial charge in [-0.3, -0.25) is 14.5 Å². The second-order valence-corrected chi connectivity index (χ2v) is 7.81. The zero-order chi connectivity index (χ0) is 22.0. The van der Waals surface area contributed by atoms with Gasteiger partial charge >= 0.3 is 0 Å². The van der Waals surface area contributed by atoms with Crippen molar-refractivity contribution in [3.05, 3.63) is 52.1 Å². The van der Waals surface area contributed by atoms with Crippen LogP contribution < -0.4 is 10.9 Å². The van der Waals surface area contributed by atoms with E-state index in [9.17, 15) is 9.59 Å². The molecule has 4 rings (SSSR count). The van der Waals surface area contributed by atoms with Crippen molar-refractivity contribution in [3.8, 4) is 5.69 Å². The number of carbonyl (C=O) groups is 1.